The van der Waals surface area contributed by atoms with Gasteiger partial charge in [-0.3, -0.25) is 9.69 Å². The average Bonchev–Trinajstić information content (AvgIpc) is 2.94. The van der Waals surface area contributed by atoms with Crippen LogP contribution >= 0.6 is 0 Å². The van der Waals surface area contributed by atoms with Crippen LogP contribution in [0.4, 0.5) is 17.3 Å². The number of ether oxygens (including phenoxy) is 1. The second kappa shape index (κ2) is 11.8. The van der Waals surface area contributed by atoms with Crippen molar-refractivity contribution in [2.24, 2.45) is 5.92 Å². The van der Waals surface area contributed by atoms with E-state index in [0.29, 0.717) is 35.3 Å². The maximum absolute atomic E-state index is 12.5. The molecule has 5 rings (SSSR count). The molecule has 1 fully saturated rings. The minimum Gasteiger partial charge on any atom is -0.397 e. The number of aromatic nitrogens is 2. The molecule has 1 atom stereocenters. The van der Waals surface area contributed by atoms with Gasteiger partial charge in [0.2, 0.25) is 5.95 Å². The van der Waals surface area contributed by atoms with Gasteiger partial charge in [0.15, 0.2) is 0 Å². The van der Waals surface area contributed by atoms with Gasteiger partial charge in [0.05, 0.1) is 30.3 Å². The van der Waals surface area contributed by atoms with Crippen molar-refractivity contribution in [3.8, 4) is 0 Å². The molecule has 0 radical (unpaired) electrons. The van der Waals surface area contributed by atoms with Crippen LogP contribution in [0.1, 0.15) is 28.0 Å². The Morgan fingerprint density at radius 1 is 1.08 bits per heavy atom. The Balaban J connectivity index is 1.14. The summed E-state index contributed by atoms with van der Waals surface area (Å²) in [6.45, 7) is 5.31. The first kappa shape index (κ1) is 24.7. The number of benzene rings is 2. The molecule has 190 valence electrons. The van der Waals surface area contributed by atoms with Gasteiger partial charge in [-0.15, -0.1) is 0 Å². The molecule has 2 aliphatic rings. The molecule has 0 saturated carbocycles. The van der Waals surface area contributed by atoms with Crippen LogP contribution in [-0.2, 0) is 11.3 Å². The van der Waals surface area contributed by atoms with Crippen LogP contribution in [-0.4, -0.2) is 53.6 Å². The van der Waals surface area contributed by atoms with E-state index in [-0.39, 0.29) is 5.91 Å². The molecule has 4 N–H and O–H groups in total. The molecule has 1 saturated heterocycles. The number of anilines is 3. The van der Waals surface area contributed by atoms with E-state index in [4.69, 9.17) is 15.5 Å². The summed E-state index contributed by atoms with van der Waals surface area (Å²) in [5, 5.41) is 6.14. The van der Waals surface area contributed by atoms with E-state index in [1.54, 1.807) is 30.5 Å². The standard InChI is InChI=1S/C29H32N6O2/c30-25-3-1-2-4-27(25)33-28(36)24-11-5-21(6-12-24)19-32-29-31-14-13-26(34-29)23-9-7-22(8-10-23)20-35-15-17-37-18-16-35/h1-7,9-14,22H,8,15-20,30H2,(H,33,36)(H,31,32,34). The van der Waals surface area contributed by atoms with Crippen LogP contribution in [0, 0.1) is 5.92 Å². The Hall–Kier alpha value is -4.01. The van der Waals surface area contributed by atoms with Gasteiger partial charge in [0.25, 0.3) is 5.91 Å². The minimum atomic E-state index is -0.200. The van der Waals surface area contributed by atoms with E-state index in [1.807, 2.05) is 30.3 Å². The highest BCUT2D eigenvalue weighted by Gasteiger charge is 2.17. The van der Waals surface area contributed by atoms with E-state index in [9.17, 15) is 4.79 Å². The van der Waals surface area contributed by atoms with Crippen LogP contribution in [0.3, 0.4) is 0 Å². The third kappa shape index (κ3) is 6.61. The molecule has 3 aromatic rings. The summed E-state index contributed by atoms with van der Waals surface area (Å²) in [4.78, 5) is 24.1. The SMILES string of the molecule is Nc1ccccc1NC(=O)c1ccc(CNc2nccc(C3=CCC(CN4CCOCC4)C=C3)n2)cc1. The molecule has 37 heavy (non-hydrogen) atoms. The summed E-state index contributed by atoms with van der Waals surface area (Å²) in [6, 6.07) is 16.6. The number of rotatable bonds is 8. The number of hydrogen-bond donors (Lipinski definition) is 3. The van der Waals surface area contributed by atoms with Crippen LogP contribution in [0.25, 0.3) is 5.57 Å². The fourth-order valence-corrected chi connectivity index (χ4v) is 4.47. The molecule has 8 heteroatoms. The van der Waals surface area contributed by atoms with Gasteiger partial charge >= 0.3 is 0 Å². The normalized spacial score (nSPS) is 17.7. The summed E-state index contributed by atoms with van der Waals surface area (Å²) in [6.07, 6.45) is 9.52. The largest absolute Gasteiger partial charge is 0.397 e. The number of amides is 1. The molecule has 1 amide bonds. The van der Waals surface area contributed by atoms with Crippen molar-refractivity contribution in [1.29, 1.82) is 0 Å². The monoisotopic (exact) mass is 496 g/mol. The number of hydrogen-bond acceptors (Lipinski definition) is 7. The lowest BCUT2D eigenvalue weighted by Gasteiger charge is -2.30. The number of morpholine rings is 1. The molecule has 1 aliphatic heterocycles. The van der Waals surface area contributed by atoms with Crippen molar-refractivity contribution < 1.29 is 9.53 Å². The topological polar surface area (TPSA) is 105 Å². The molecule has 0 bridgehead atoms. The number of para-hydroxylation sites is 2. The maximum atomic E-state index is 12.5. The lowest BCUT2D eigenvalue weighted by atomic mass is 9.94. The predicted octanol–water partition coefficient (Wildman–Crippen LogP) is 4.21. The highest BCUT2D eigenvalue weighted by atomic mass is 16.5. The van der Waals surface area contributed by atoms with Crippen LogP contribution < -0.4 is 16.4 Å². The summed E-state index contributed by atoms with van der Waals surface area (Å²) < 4.78 is 5.45. The number of nitrogen functional groups attached to an aromatic ring is 1. The predicted molar refractivity (Wildman–Crippen MR) is 147 cm³/mol. The third-order valence-corrected chi connectivity index (χ3v) is 6.61. The number of nitrogens with two attached hydrogens (primary N) is 1. The lowest BCUT2D eigenvalue weighted by molar-refractivity contribution is 0.0335. The van der Waals surface area contributed by atoms with Gasteiger partial charge in [-0.2, -0.15) is 0 Å². The van der Waals surface area contributed by atoms with Crippen molar-refractivity contribution >= 4 is 28.8 Å². The van der Waals surface area contributed by atoms with Gasteiger partial charge in [-0.05, 0) is 53.8 Å². The zero-order valence-electron chi connectivity index (χ0n) is 20.8. The third-order valence-electron chi connectivity index (χ3n) is 6.61. The van der Waals surface area contributed by atoms with Crippen molar-refractivity contribution in [2.75, 3.05) is 49.2 Å². The van der Waals surface area contributed by atoms with E-state index >= 15 is 0 Å². The van der Waals surface area contributed by atoms with Gasteiger partial charge in [0, 0.05) is 37.9 Å². The summed E-state index contributed by atoms with van der Waals surface area (Å²) in [7, 11) is 0. The second-order valence-corrected chi connectivity index (χ2v) is 9.28. The van der Waals surface area contributed by atoms with E-state index in [1.165, 1.54) is 0 Å². The van der Waals surface area contributed by atoms with E-state index in [0.717, 1.165) is 56.1 Å². The Morgan fingerprint density at radius 3 is 2.65 bits per heavy atom. The molecular weight excluding hydrogens is 464 g/mol. The number of carbonyl (C=O) groups is 1. The highest BCUT2D eigenvalue weighted by molar-refractivity contribution is 6.05. The lowest BCUT2D eigenvalue weighted by Crippen LogP contribution is -2.39. The first-order valence-electron chi connectivity index (χ1n) is 12.6. The Morgan fingerprint density at radius 2 is 1.89 bits per heavy atom. The fraction of sp³-hybridized carbons (Fsp3) is 0.276. The molecular formula is C29H32N6O2. The van der Waals surface area contributed by atoms with Gasteiger partial charge in [-0.1, -0.05) is 42.5 Å². The fourth-order valence-electron chi connectivity index (χ4n) is 4.47. The molecule has 1 aromatic heterocycles. The van der Waals surface area contributed by atoms with Crippen molar-refractivity contribution in [1.82, 2.24) is 14.9 Å². The van der Waals surface area contributed by atoms with Crippen molar-refractivity contribution in [2.45, 2.75) is 13.0 Å². The first-order valence-corrected chi connectivity index (χ1v) is 12.6. The molecule has 1 unspecified atom stereocenters. The molecule has 8 nitrogen and oxygen atoms in total. The Labute approximate surface area is 217 Å². The van der Waals surface area contributed by atoms with Gasteiger partial charge < -0.3 is 21.1 Å². The first-order chi connectivity index (χ1) is 18.1. The minimum absolute atomic E-state index is 0.200. The highest BCUT2D eigenvalue weighted by Crippen LogP contribution is 2.24. The number of carbonyl (C=O) groups excluding carboxylic acids is 1. The zero-order chi connectivity index (χ0) is 25.5. The average molecular weight is 497 g/mol. The van der Waals surface area contributed by atoms with Crippen LogP contribution in [0.2, 0.25) is 0 Å². The molecule has 1 aliphatic carbocycles. The number of nitrogens with one attached hydrogen (secondary N) is 2. The zero-order valence-corrected chi connectivity index (χ0v) is 20.8. The van der Waals surface area contributed by atoms with E-state index in [2.05, 4.69) is 38.7 Å². The maximum Gasteiger partial charge on any atom is 0.255 e. The Kier molecular flexibility index (Phi) is 7.88. The summed E-state index contributed by atoms with van der Waals surface area (Å²) in [5.41, 5.74) is 10.7. The van der Waals surface area contributed by atoms with Crippen LogP contribution in [0.15, 0.2) is 79.0 Å². The van der Waals surface area contributed by atoms with Crippen LogP contribution in [0.5, 0.6) is 0 Å². The smallest absolute Gasteiger partial charge is 0.255 e. The van der Waals surface area contributed by atoms with Gasteiger partial charge in [-0.25, -0.2) is 9.97 Å². The number of allylic oxidation sites excluding steroid dienone is 3. The molecule has 2 aromatic carbocycles. The van der Waals surface area contributed by atoms with Crippen molar-refractivity contribution in [3.63, 3.8) is 0 Å². The quantitative estimate of drug-likeness (QED) is 0.401. The second-order valence-electron chi connectivity index (χ2n) is 9.28. The number of nitrogens with zero attached hydrogens (tertiary/aromatic N) is 3. The summed E-state index contributed by atoms with van der Waals surface area (Å²) in [5.74, 6) is 0.898. The summed E-state index contributed by atoms with van der Waals surface area (Å²) >= 11 is 0. The Bertz CT molecular complexity index is 1280. The van der Waals surface area contributed by atoms with Gasteiger partial charge in [0.1, 0.15) is 0 Å². The molecule has 2 heterocycles. The van der Waals surface area contributed by atoms with E-state index < -0.39 is 0 Å². The molecule has 0 spiro atoms. The van der Waals surface area contributed by atoms with Crippen molar-refractivity contribution in [3.05, 3.63) is 95.8 Å².